The molecule has 2 aromatic rings. The molecule has 0 saturated carbocycles. The number of nitriles is 1. The first-order valence-electron chi connectivity index (χ1n) is 15.9. The van der Waals surface area contributed by atoms with Crippen molar-refractivity contribution in [3.63, 3.8) is 0 Å². The van der Waals surface area contributed by atoms with Crippen molar-refractivity contribution in [1.82, 2.24) is 14.9 Å². The molecule has 228 valence electrons. The van der Waals surface area contributed by atoms with E-state index >= 15 is 0 Å². The maximum Gasteiger partial charge on any atom is 0.128 e. The number of pyridine rings is 2. The number of allylic oxidation sites excluding steroid dienone is 5. The molecule has 43 heavy (non-hydrogen) atoms. The van der Waals surface area contributed by atoms with Crippen molar-refractivity contribution >= 4 is 17.0 Å². The largest absolute Gasteiger partial charge is 0.403 e. The highest BCUT2D eigenvalue weighted by Crippen LogP contribution is 2.32. The van der Waals surface area contributed by atoms with Crippen LogP contribution in [0.1, 0.15) is 83.9 Å². The van der Waals surface area contributed by atoms with Crippen molar-refractivity contribution in [3.8, 4) is 17.2 Å². The highest BCUT2D eigenvalue weighted by atomic mass is 19.1. The maximum absolute atomic E-state index is 14.4. The summed E-state index contributed by atoms with van der Waals surface area (Å²) in [5, 5.41) is 9.77. The van der Waals surface area contributed by atoms with Gasteiger partial charge in [-0.25, -0.2) is 9.37 Å². The lowest BCUT2D eigenvalue weighted by atomic mass is 9.94. The molecule has 0 spiro atoms. The maximum atomic E-state index is 14.4. The van der Waals surface area contributed by atoms with Crippen LogP contribution < -0.4 is 10.6 Å². The van der Waals surface area contributed by atoms with E-state index in [0.29, 0.717) is 23.7 Å². The first kappa shape index (κ1) is 32.2. The summed E-state index contributed by atoms with van der Waals surface area (Å²) < 4.78 is 14.4. The molecule has 0 radical (unpaired) electrons. The zero-order valence-corrected chi connectivity index (χ0v) is 26.4. The van der Waals surface area contributed by atoms with E-state index in [-0.39, 0.29) is 5.83 Å². The van der Waals surface area contributed by atoms with E-state index in [0.717, 1.165) is 86.4 Å². The quantitative estimate of drug-likeness (QED) is 0.255. The van der Waals surface area contributed by atoms with E-state index in [1.54, 1.807) is 6.08 Å². The lowest BCUT2D eigenvalue weighted by Gasteiger charge is -2.36. The number of nitrogens with zero attached hydrogens (tertiary/aromatic N) is 5. The number of rotatable bonds is 12. The first-order chi connectivity index (χ1) is 20.9. The van der Waals surface area contributed by atoms with Gasteiger partial charge >= 0.3 is 0 Å². The van der Waals surface area contributed by atoms with Crippen molar-refractivity contribution in [2.75, 3.05) is 37.6 Å². The van der Waals surface area contributed by atoms with Crippen LogP contribution >= 0.6 is 0 Å². The predicted molar refractivity (Wildman–Crippen MR) is 177 cm³/mol. The Hall–Kier alpha value is -3.76. The van der Waals surface area contributed by atoms with Crippen LogP contribution in [-0.2, 0) is 0 Å². The van der Waals surface area contributed by atoms with Crippen molar-refractivity contribution < 1.29 is 4.39 Å². The highest BCUT2D eigenvalue weighted by molar-refractivity contribution is 5.86. The van der Waals surface area contributed by atoms with Crippen LogP contribution in [0.3, 0.4) is 0 Å². The summed E-state index contributed by atoms with van der Waals surface area (Å²) in [7, 11) is 0. The van der Waals surface area contributed by atoms with Crippen LogP contribution in [-0.4, -0.2) is 47.6 Å². The molecule has 1 atom stereocenters. The zero-order valence-electron chi connectivity index (χ0n) is 26.4. The van der Waals surface area contributed by atoms with Crippen LogP contribution in [0.2, 0.25) is 0 Å². The first-order valence-corrected chi connectivity index (χ1v) is 15.9. The van der Waals surface area contributed by atoms with Crippen LogP contribution in [0.15, 0.2) is 65.9 Å². The van der Waals surface area contributed by atoms with E-state index in [1.807, 2.05) is 18.5 Å². The molecule has 0 bridgehead atoms. The fraction of sp³-hybridized carbons (Fsp3) is 0.472. The topological polar surface area (TPSA) is 82.1 Å². The average molecular weight is 583 g/mol. The van der Waals surface area contributed by atoms with Gasteiger partial charge in [0.2, 0.25) is 0 Å². The molecule has 1 aliphatic heterocycles. The molecular formula is C36H47FN6. The molecule has 3 heterocycles. The minimum atomic E-state index is -0.0474. The monoisotopic (exact) mass is 582 g/mol. The lowest BCUT2D eigenvalue weighted by Crippen LogP contribution is -2.47. The van der Waals surface area contributed by atoms with Crippen LogP contribution in [0, 0.1) is 17.2 Å². The van der Waals surface area contributed by atoms with Crippen molar-refractivity contribution in [1.29, 1.82) is 5.26 Å². The van der Waals surface area contributed by atoms with Gasteiger partial charge in [0.1, 0.15) is 17.7 Å². The zero-order chi connectivity index (χ0) is 30.8. The smallest absolute Gasteiger partial charge is 0.128 e. The molecule has 6 nitrogen and oxygen atoms in total. The van der Waals surface area contributed by atoms with Gasteiger partial charge < -0.3 is 10.6 Å². The molecule has 1 fully saturated rings. The second-order valence-electron chi connectivity index (χ2n) is 11.9. The minimum Gasteiger partial charge on any atom is -0.403 e. The molecule has 2 aliphatic rings. The molecule has 0 amide bonds. The third-order valence-corrected chi connectivity index (χ3v) is 8.85. The lowest BCUT2D eigenvalue weighted by molar-refractivity contribution is 0.275. The highest BCUT2D eigenvalue weighted by Gasteiger charge is 2.22. The second kappa shape index (κ2) is 15.6. The van der Waals surface area contributed by atoms with Gasteiger partial charge in [-0.05, 0) is 80.4 Å². The van der Waals surface area contributed by atoms with Gasteiger partial charge in [-0.1, -0.05) is 45.3 Å². The second-order valence-corrected chi connectivity index (χ2v) is 11.9. The standard InChI is InChI=1S/C36H47FN6/c1-5-9-28(12-7-10-26(3)6-2)30-20-32(36(41-24-30)31(21-38)22-39)29-14-15-35(40-23-29)43-18-16-42(17-19-43)25-33-27(4)11-8-13-34(33)37/h12-15,20-21,23-24,26H,5-11,16-19,25,38H2,1-4H3/b28-12+,31-21?. The molecule has 2 aromatic heterocycles. The fourth-order valence-electron chi connectivity index (χ4n) is 5.82. The van der Waals surface area contributed by atoms with Gasteiger partial charge in [-0.15, -0.1) is 0 Å². The van der Waals surface area contributed by atoms with Crippen LogP contribution in [0.25, 0.3) is 22.3 Å². The molecule has 2 N–H and O–H groups in total. The number of nitrogens with two attached hydrogens (primary N) is 1. The Kier molecular flexibility index (Phi) is 11.7. The summed E-state index contributed by atoms with van der Waals surface area (Å²) in [6, 6.07) is 8.45. The van der Waals surface area contributed by atoms with Crippen LogP contribution in [0.4, 0.5) is 10.2 Å². The van der Waals surface area contributed by atoms with E-state index in [1.165, 1.54) is 30.2 Å². The Morgan fingerprint density at radius 1 is 1.16 bits per heavy atom. The van der Waals surface area contributed by atoms with E-state index in [2.05, 4.69) is 61.8 Å². The third kappa shape index (κ3) is 8.20. The number of anilines is 1. The molecule has 1 aliphatic carbocycles. The van der Waals surface area contributed by atoms with Gasteiger partial charge in [0.25, 0.3) is 0 Å². The summed E-state index contributed by atoms with van der Waals surface area (Å²) in [6.07, 6.45) is 16.3. The van der Waals surface area contributed by atoms with Gasteiger partial charge in [0, 0.05) is 68.0 Å². The number of hydrogen-bond acceptors (Lipinski definition) is 6. The molecule has 0 aromatic carbocycles. The van der Waals surface area contributed by atoms with E-state index < -0.39 is 0 Å². The number of aromatic nitrogens is 2. The normalized spacial score (nSPS) is 17.6. The summed E-state index contributed by atoms with van der Waals surface area (Å²) >= 11 is 0. The summed E-state index contributed by atoms with van der Waals surface area (Å²) in [5.74, 6) is 1.57. The number of piperazine rings is 1. The van der Waals surface area contributed by atoms with Gasteiger partial charge in [0.15, 0.2) is 0 Å². The van der Waals surface area contributed by atoms with Gasteiger partial charge in [0.05, 0.1) is 11.3 Å². The Labute approximate surface area is 257 Å². The van der Waals surface area contributed by atoms with Crippen LogP contribution in [0.5, 0.6) is 0 Å². The van der Waals surface area contributed by atoms with Gasteiger partial charge in [-0.2, -0.15) is 5.26 Å². The average Bonchev–Trinajstić information content (AvgIpc) is 3.03. The molecule has 4 rings (SSSR count). The molecule has 1 unspecified atom stereocenters. The number of halogens is 1. The fourth-order valence-corrected chi connectivity index (χ4v) is 5.82. The Bertz CT molecular complexity index is 1400. The van der Waals surface area contributed by atoms with E-state index in [4.69, 9.17) is 15.7 Å². The summed E-state index contributed by atoms with van der Waals surface area (Å²) in [5.41, 5.74) is 12.9. The van der Waals surface area contributed by atoms with Crippen molar-refractivity contribution in [2.45, 2.75) is 72.6 Å². The summed E-state index contributed by atoms with van der Waals surface area (Å²) in [4.78, 5) is 14.2. The third-order valence-electron chi connectivity index (χ3n) is 8.85. The van der Waals surface area contributed by atoms with E-state index in [9.17, 15) is 9.65 Å². The van der Waals surface area contributed by atoms with Crippen molar-refractivity contribution in [3.05, 3.63) is 77.2 Å². The summed E-state index contributed by atoms with van der Waals surface area (Å²) in [6.45, 7) is 12.9. The Morgan fingerprint density at radius 2 is 1.95 bits per heavy atom. The number of hydrogen-bond donors (Lipinski definition) is 1. The SMILES string of the molecule is CCC/C(=C\CCC(C)CC)c1cnc(C(C#N)=CN)c(-c2ccc(N3CCN(CC4=C(C)CCC=C4F)CC3)nc2)c1. The minimum absolute atomic E-state index is 0.0474. The Balaban J connectivity index is 1.53. The molecule has 7 heteroatoms. The molecular weight excluding hydrogens is 535 g/mol. The van der Waals surface area contributed by atoms with Gasteiger partial charge in [-0.3, -0.25) is 9.88 Å². The Morgan fingerprint density at radius 3 is 2.58 bits per heavy atom. The molecule has 1 saturated heterocycles. The predicted octanol–water partition coefficient (Wildman–Crippen LogP) is 8.06. The van der Waals surface area contributed by atoms with Crippen molar-refractivity contribution in [2.24, 2.45) is 11.7 Å².